The van der Waals surface area contributed by atoms with Crippen LogP contribution in [0.1, 0.15) is 45.4 Å². The van der Waals surface area contributed by atoms with Gasteiger partial charge in [-0.25, -0.2) is 0 Å². The largest absolute Gasteiger partial charge is 0.293 e. The molecule has 1 aliphatic carbocycles. The predicted molar refractivity (Wildman–Crippen MR) is 55.7 cm³/mol. The molecule has 2 atom stereocenters. The molecule has 0 saturated carbocycles. The van der Waals surface area contributed by atoms with Crippen LogP contribution in [0.15, 0.2) is 0 Å². The first-order chi connectivity index (χ1) is 6.04. The van der Waals surface area contributed by atoms with E-state index in [0.717, 1.165) is 4.88 Å². The second-order valence-corrected chi connectivity index (χ2v) is 5.19. The van der Waals surface area contributed by atoms with Gasteiger partial charge in [0, 0.05) is 10.8 Å². The van der Waals surface area contributed by atoms with Crippen LogP contribution in [0, 0.1) is 19.8 Å². The van der Waals surface area contributed by atoms with E-state index in [4.69, 9.17) is 0 Å². The average Bonchev–Trinajstić information content (AvgIpc) is 2.48. The first kappa shape index (κ1) is 8.95. The average molecular weight is 194 g/mol. The quantitative estimate of drug-likeness (QED) is 0.619. The molecule has 1 nitrogen and oxygen atoms in total. The Hall–Kier alpha value is -0.630. The lowest BCUT2D eigenvalue weighted by Crippen LogP contribution is -2.06. The van der Waals surface area contributed by atoms with Gasteiger partial charge < -0.3 is 0 Å². The van der Waals surface area contributed by atoms with E-state index in [-0.39, 0.29) is 5.92 Å². The lowest BCUT2D eigenvalue weighted by molar-refractivity contribution is 0.0940. The molecule has 1 aliphatic rings. The smallest absolute Gasteiger partial charge is 0.176 e. The summed E-state index contributed by atoms with van der Waals surface area (Å²) in [6.07, 6.45) is 0. The number of ketones is 1. The number of aryl methyl sites for hydroxylation is 1. The number of hydrogen-bond donors (Lipinski definition) is 0. The Kier molecular flexibility index (Phi) is 1.84. The Balaban J connectivity index is 2.65. The molecule has 0 N–H and O–H groups in total. The van der Waals surface area contributed by atoms with Gasteiger partial charge in [0.2, 0.25) is 0 Å². The van der Waals surface area contributed by atoms with Crippen LogP contribution in [-0.4, -0.2) is 5.78 Å². The Morgan fingerprint density at radius 3 is 2.31 bits per heavy atom. The van der Waals surface area contributed by atoms with Gasteiger partial charge in [-0.05, 0) is 30.9 Å². The van der Waals surface area contributed by atoms with Gasteiger partial charge in [-0.15, -0.1) is 11.3 Å². The standard InChI is InChI=1S/C11H14OS/c1-5-6(2)10(12)11-9(5)7(3)8(4)13-11/h5-6H,1-4H3/t5-,6+/m0/s1. The van der Waals surface area contributed by atoms with Crippen LogP contribution >= 0.6 is 11.3 Å². The SMILES string of the molecule is Cc1sc2c(c1C)[C@@H](C)[C@@H](C)C2=O. The molecule has 13 heavy (non-hydrogen) atoms. The summed E-state index contributed by atoms with van der Waals surface area (Å²) in [5.41, 5.74) is 2.66. The van der Waals surface area contributed by atoms with Crippen molar-refractivity contribution in [2.24, 2.45) is 5.92 Å². The summed E-state index contributed by atoms with van der Waals surface area (Å²) in [5.74, 6) is 0.969. The van der Waals surface area contributed by atoms with E-state index >= 15 is 0 Å². The molecule has 2 heteroatoms. The third-order valence-electron chi connectivity index (χ3n) is 3.27. The third-order valence-corrected chi connectivity index (χ3v) is 4.51. The zero-order valence-electron chi connectivity index (χ0n) is 8.47. The van der Waals surface area contributed by atoms with Gasteiger partial charge in [-0.1, -0.05) is 13.8 Å². The maximum atomic E-state index is 11.8. The van der Waals surface area contributed by atoms with E-state index in [2.05, 4.69) is 20.8 Å². The number of thiophene rings is 1. The molecule has 0 fully saturated rings. The van der Waals surface area contributed by atoms with E-state index in [1.807, 2.05) is 6.92 Å². The van der Waals surface area contributed by atoms with Crippen LogP contribution in [0.5, 0.6) is 0 Å². The molecule has 0 unspecified atom stereocenters. The van der Waals surface area contributed by atoms with Gasteiger partial charge in [-0.3, -0.25) is 4.79 Å². The highest BCUT2D eigenvalue weighted by Crippen LogP contribution is 2.44. The molecule has 2 rings (SSSR count). The minimum Gasteiger partial charge on any atom is -0.293 e. The number of rotatable bonds is 0. The van der Waals surface area contributed by atoms with E-state index < -0.39 is 0 Å². The number of Topliss-reactive ketones (excluding diaryl/α,β-unsaturated/α-hetero) is 1. The summed E-state index contributed by atoms with van der Waals surface area (Å²) in [4.78, 5) is 14.1. The van der Waals surface area contributed by atoms with Gasteiger partial charge in [0.1, 0.15) is 0 Å². The first-order valence-corrected chi connectivity index (χ1v) is 5.49. The minimum absolute atomic E-state index is 0.195. The summed E-state index contributed by atoms with van der Waals surface area (Å²) in [6, 6.07) is 0. The predicted octanol–water partition coefficient (Wildman–Crippen LogP) is 3.30. The van der Waals surface area contributed by atoms with Crippen LogP contribution in [-0.2, 0) is 0 Å². The highest BCUT2D eigenvalue weighted by Gasteiger charge is 2.37. The van der Waals surface area contributed by atoms with Crippen molar-refractivity contribution in [1.82, 2.24) is 0 Å². The van der Waals surface area contributed by atoms with Crippen LogP contribution in [0.4, 0.5) is 0 Å². The number of carbonyl (C=O) groups is 1. The normalized spacial score (nSPS) is 26.6. The number of hydrogen-bond acceptors (Lipinski definition) is 2. The van der Waals surface area contributed by atoms with Crippen LogP contribution < -0.4 is 0 Å². The van der Waals surface area contributed by atoms with Crippen molar-refractivity contribution in [3.05, 3.63) is 20.9 Å². The molecule has 0 amide bonds. The summed E-state index contributed by atoms with van der Waals surface area (Å²) in [7, 11) is 0. The lowest BCUT2D eigenvalue weighted by Gasteiger charge is -2.09. The number of fused-ring (bicyclic) bond motifs is 1. The van der Waals surface area contributed by atoms with E-state index in [9.17, 15) is 4.79 Å². The molecule has 0 spiro atoms. The molecule has 1 aromatic heterocycles. The summed E-state index contributed by atoms with van der Waals surface area (Å²) in [5, 5.41) is 0. The van der Waals surface area contributed by atoms with Gasteiger partial charge in [-0.2, -0.15) is 0 Å². The Morgan fingerprint density at radius 2 is 1.77 bits per heavy atom. The monoisotopic (exact) mass is 194 g/mol. The molecule has 0 aliphatic heterocycles. The maximum Gasteiger partial charge on any atom is 0.176 e. The maximum absolute atomic E-state index is 11.8. The zero-order chi connectivity index (χ0) is 9.75. The molecule has 1 heterocycles. The fourth-order valence-corrected chi connectivity index (χ4v) is 3.36. The van der Waals surface area contributed by atoms with E-state index in [0.29, 0.717) is 11.7 Å². The summed E-state index contributed by atoms with van der Waals surface area (Å²) in [6.45, 7) is 8.43. The van der Waals surface area contributed by atoms with Crippen molar-refractivity contribution in [2.45, 2.75) is 33.6 Å². The van der Waals surface area contributed by atoms with Crippen molar-refractivity contribution >= 4 is 17.1 Å². The van der Waals surface area contributed by atoms with Gasteiger partial charge >= 0.3 is 0 Å². The van der Waals surface area contributed by atoms with Crippen molar-refractivity contribution in [3.8, 4) is 0 Å². The van der Waals surface area contributed by atoms with Crippen LogP contribution in [0.25, 0.3) is 0 Å². The van der Waals surface area contributed by atoms with Crippen molar-refractivity contribution in [3.63, 3.8) is 0 Å². The van der Waals surface area contributed by atoms with E-state index in [1.54, 1.807) is 11.3 Å². The fourth-order valence-electron chi connectivity index (χ4n) is 2.06. The second kappa shape index (κ2) is 2.68. The second-order valence-electron chi connectivity index (χ2n) is 3.97. The molecule has 1 aromatic rings. The van der Waals surface area contributed by atoms with Gasteiger partial charge in [0.15, 0.2) is 5.78 Å². The van der Waals surface area contributed by atoms with Gasteiger partial charge in [0.25, 0.3) is 0 Å². The summed E-state index contributed by atoms with van der Waals surface area (Å²) >= 11 is 1.67. The summed E-state index contributed by atoms with van der Waals surface area (Å²) < 4.78 is 0. The molecule has 0 bridgehead atoms. The molecule has 0 radical (unpaired) electrons. The lowest BCUT2D eigenvalue weighted by atomic mass is 9.94. The fraction of sp³-hybridized carbons (Fsp3) is 0.545. The first-order valence-electron chi connectivity index (χ1n) is 4.68. The highest BCUT2D eigenvalue weighted by molar-refractivity contribution is 7.14. The molecule has 0 saturated heterocycles. The van der Waals surface area contributed by atoms with Crippen molar-refractivity contribution in [2.75, 3.05) is 0 Å². The van der Waals surface area contributed by atoms with Gasteiger partial charge in [0.05, 0.1) is 4.88 Å². The van der Waals surface area contributed by atoms with E-state index in [1.165, 1.54) is 16.0 Å². The van der Waals surface area contributed by atoms with Crippen molar-refractivity contribution < 1.29 is 4.79 Å². The molecular formula is C11H14OS. The van der Waals surface area contributed by atoms with Crippen molar-refractivity contribution in [1.29, 1.82) is 0 Å². The zero-order valence-corrected chi connectivity index (χ0v) is 9.29. The highest BCUT2D eigenvalue weighted by atomic mass is 32.1. The minimum atomic E-state index is 0.195. The molecule has 0 aromatic carbocycles. The molecular weight excluding hydrogens is 180 g/mol. The Bertz CT molecular complexity index is 376. The molecule has 70 valence electrons. The Morgan fingerprint density at radius 1 is 1.15 bits per heavy atom. The third kappa shape index (κ3) is 1.01. The number of carbonyl (C=O) groups excluding carboxylic acids is 1. The van der Waals surface area contributed by atoms with Crippen LogP contribution in [0.2, 0.25) is 0 Å². The topological polar surface area (TPSA) is 17.1 Å². The Labute approximate surface area is 82.8 Å². The van der Waals surface area contributed by atoms with Crippen LogP contribution in [0.3, 0.4) is 0 Å².